The van der Waals surface area contributed by atoms with Crippen LogP contribution in [0.15, 0.2) is 28.7 Å². The lowest BCUT2D eigenvalue weighted by Gasteiger charge is -2.03. The summed E-state index contributed by atoms with van der Waals surface area (Å²) in [6, 6.07) is 7.90. The van der Waals surface area contributed by atoms with Crippen LogP contribution >= 0.6 is 15.9 Å². The highest BCUT2D eigenvalue weighted by molar-refractivity contribution is 9.10. The second-order valence-electron chi connectivity index (χ2n) is 3.48. The van der Waals surface area contributed by atoms with E-state index in [0.717, 1.165) is 21.4 Å². The van der Waals surface area contributed by atoms with Crippen LogP contribution in [0.1, 0.15) is 11.3 Å². The summed E-state index contributed by atoms with van der Waals surface area (Å²) in [5.74, 6) is 0.704. The fourth-order valence-corrected chi connectivity index (χ4v) is 1.67. The minimum atomic E-state index is 0.704. The number of aromatic nitrogens is 2. The molecule has 1 aromatic carbocycles. The van der Waals surface area contributed by atoms with Gasteiger partial charge in [0.05, 0.1) is 11.4 Å². The van der Waals surface area contributed by atoms with Gasteiger partial charge in [-0.25, -0.2) is 4.68 Å². The van der Waals surface area contributed by atoms with Gasteiger partial charge in [0.25, 0.3) is 0 Å². The van der Waals surface area contributed by atoms with E-state index in [1.165, 1.54) is 0 Å². The van der Waals surface area contributed by atoms with E-state index < -0.39 is 0 Å². The highest BCUT2D eigenvalue weighted by atomic mass is 79.9. The van der Waals surface area contributed by atoms with Crippen molar-refractivity contribution in [2.24, 2.45) is 0 Å². The fourth-order valence-electron chi connectivity index (χ4n) is 1.40. The van der Waals surface area contributed by atoms with Gasteiger partial charge in [0.1, 0.15) is 5.82 Å². The van der Waals surface area contributed by atoms with Crippen LogP contribution in [0.2, 0.25) is 0 Å². The summed E-state index contributed by atoms with van der Waals surface area (Å²) in [7, 11) is 0. The molecule has 2 N–H and O–H groups in total. The molecule has 2 rings (SSSR count). The van der Waals surface area contributed by atoms with Crippen molar-refractivity contribution >= 4 is 21.7 Å². The maximum atomic E-state index is 5.96. The Labute approximate surface area is 97.0 Å². The molecule has 0 unspecified atom stereocenters. The van der Waals surface area contributed by atoms with E-state index in [1.54, 1.807) is 4.68 Å². The molecule has 0 amide bonds. The number of hydrogen-bond donors (Lipinski definition) is 1. The van der Waals surface area contributed by atoms with E-state index in [0.29, 0.717) is 5.82 Å². The second-order valence-corrected chi connectivity index (χ2v) is 4.40. The van der Waals surface area contributed by atoms with Crippen LogP contribution in [0.25, 0.3) is 5.69 Å². The number of halogens is 1. The highest BCUT2D eigenvalue weighted by Crippen LogP contribution is 2.20. The molecule has 0 spiro atoms. The van der Waals surface area contributed by atoms with Gasteiger partial charge >= 0.3 is 0 Å². The van der Waals surface area contributed by atoms with Crippen molar-refractivity contribution in [1.29, 1.82) is 0 Å². The summed E-state index contributed by atoms with van der Waals surface area (Å²) in [6.45, 7) is 3.94. The van der Waals surface area contributed by atoms with Gasteiger partial charge in [-0.3, -0.25) is 0 Å². The lowest BCUT2D eigenvalue weighted by molar-refractivity contribution is 0.872. The van der Waals surface area contributed by atoms with Crippen molar-refractivity contribution in [3.63, 3.8) is 0 Å². The number of anilines is 1. The van der Waals surface area contributed by atoms with Crippen LogP contribution in [-0.4, -0.2) is 9.78 Å². The summed E-state index contributed by atoms with van der Waals surface area (Å²) in [5, 5.41) is 4.39. The molecule has 0 radical (unpaired) electrons. The van der Waals surface area contributed by atoms with Crippen LogP contribution in [0.4, 0.5) is 5.82 Å². The van der Waals surface area contributed by atoms with Crippen molar-refractivity contribution < 1.29 is 0 Å². The lowest BCUT2D eigenvalue weighted by Crippen LogP contribution is -2.01. The first-order valence-electron chi connectivity index (χ1n) is 4.67. The lowest BCUT2D eigenvalue weighted by atomic mass is 10.3. The Balaban J connectivity index is 2.54. The molecule has 15 heavy (non-hydrogen) atoms. The predicted molar refractivity (Wildman–Crippen MR) is 65.2 cm³/mol. The van der Waals surface area contributed by atoms with Gasteiger partial charge in [0.2, 0.25) is 0 Å². The Morgan fingerprint density at radius 1 is 1.20 bits per heavy atom. The fraction of sp³-hybridized carbons (Fsp3) is 0.182. The van der Waals surface area contributed by atoms with Gasteiger partial charge in [-0.05, 0) is 38.1 Å². The summed E-state index contributed by atoms with van der Waals surface area (Å²) < 4.78 is 2.81. The van der Waals surface area contributed by atoms with Gasteiger partial charge in [-0.15, -0.1) is 0 Å². The number of nitrogens with two attached hydrogens (primary N) is 1. The zero-order valence-corrected chi connectivity index (χ0v) is 10.2. The zero-order chi connectivity index (χ0) is 11.0. The summed E-state index contributed by atoms with van der Waals surface area (Å²) in [4.78, 5) is 0. The van der Waals surface area contributed by atoms with Crippen LogP contribution < -0.4 is 5.73 Å². The van der Waals surface area contributed by atoms with E-state index in [2.05, 4.69) is 21.0 Å². The number of nitrogen functional groups attached to an aromatic ring is 1. The molecule has 0 aliphatic carbocycles. The average molecular weight is 266 g/mol. The first kappa shape index (κ1) is 10.2. The molecule has 0 aliphatic heterocycles. The van der Waals surface area contributed by atoms with Crippen LogP contribution in [0.3, 0.4) is 0 Å². The smallest absolute Gasteiger partial charge is 0.130 e. The minimum absolute atomic E-state index is 0.704. The Morgan fingerprint density at radius 3 is 2.27 bits per heavy atom. The molecule has 0 fully saturated rings. The average Bonchev–Trinajstić information content (AvgIpc) is 2.47. The molecule has 0 aliphatic rings. The number of rotatable bonds is 1. The van der Waals surface area contributed by atoms with Crippen molar-refractivity contribution in [3.8, 4) is 5.69 Å². The number of benzene rings is 1. The van der Waals surface area contributed by atoms with E-state index in [-0.39, 0.29) is 0 Å². The van der Waals surface area contributed by atoms with Crippen molar-refractivity contribution in [1.82, 2.24) is 9.78 Å². The SMILES string of the molecule is Cc1nn(-c2ccc(Br)cc2)c(N)c1C. The zero-order valence-electron chi connectivity index (χ0n) is 8.66. The second kappa shape index (κ2) is 3.70. The quantitative estimate of drug-likeness (QED) is 0.862. The third-order valence-corrected chi connectivity index (χ3v) is 3.00. The Kier molecular flexibility index (Phi) is 2.52. The Bertz CT molecular complexity index is 485. The third kappa shape index (κ3) is 1.77. The van der Waals surface area contributed by atoms with Crippen molar-refractivity contribution in [2.75, 3.05) is 5.73 Å². The van der Waals surface area contributed by atoms with Gasteiger partial charge in [-0.1, -0.05) is 15.9 Å². The van der Waals surface area contributed by atoms with Gasteiger partial charge in [-0.2, -0.15) is 5.10 Å². The van der Waals surface area contributed by atoms with Crippen LogP contribution in [-0.2, 0) is 0 Å². The maximum absolute atomic E-state index is 5.96. The topological polar surface area (TPSA) is 43.8 Å². The molecular weight excluding hydrogens is 254 g/mol. The molecule has 0 atom stereocenters. The van der Waals surface area contributed by atoms with Gasteiger partial charge in [0.15, 0.2) is 0 Å². The first-order chi connectivity index (χ1) is 7.09. The Hall–Kier alpha value is -1.29. The molecule has 1 heterocycles. The molecule has 4 heteroatoms. The Morgan fingerprint density at radius 2 is 1.80 bits per heavy atom. The van der Waals surface area contributed by atoms with E-state index >= 15 is 0 Å². The highest BCUT2D eigenvalue weighted by Gasteiger charge is 2.08. The first-order valence-corrected chi connectivity index (χ1v) is 5.46. The van der Waals surface area contributed by atoms with E-state index in [9.17, 15) is 0 Å². The molecule has 0 saturated carbocycles. The summed E-state index contributed by atoms with van der Waals surface area (Å²) in [5.41, 5.74) is 8.95. The normalized spacial score (nSPS) is 10.6. The molecule has 1 aromatic heterocycles. The maximum Gasteiger partial charge on any atom is 0.130 e. The van der Waals surface area contributed by atoms with E-state index in [4.69, 9.17) is 5.73 Å². The molecular formula is C11H12BrN3. The van der Waals surface area contributed by atoms with Gasteiger partial charge < -0.3 is 5.73 Å². The molecule has 78 valence electrons. The molecule has 3 nitrogen and oxygen atoms in total. The minimum Gasteiger partial charge on any atom is -0.383 e. The van der Waals surface area contributed by atoms with Crippen LogP contribution in [0, 0.1) is 13.8 Å². The van der Waals surface area contributed by atoms with Crippen molar-refractivity contribution in [3.05, 3.63) is 40.0 Å². The standard InChI is InChI=1S/C11H12BrN3/c1-7-8(2)14-15(11(7)13)10-5-3-9(12)4-6-10/h3-6H,13H2,1-2H3. The monoisotopic (exact) mass is 265 g/mol. The van der Waals surface area contributed by atoms with Crippen LogP contribution in [0.5, 0.6) is 0 Å². The van der Waals surface area contributed by atoms with Gasteiger partial charge in [0, 0.05) is 10.0 Å². The number of nitrogens with zero attached hydrogens (tertiary/aromatic N) is 2. The molecule has 0 saturated heterocycles. The van der Waals surface area contributed by atoms with E-state index in [1.807, 2.05) is 38.1 Å². The number of hydrogen-bond acceptors (Lipinski definition) is 2. The summed E-state index contributed by atoms with van der Waals surface area (Å²) in [6.07, 6.45) is 0. The number of aryl methyl sites for hydroxylation is 1. The predicted octanol–water partition coefficient (Wildman–Crippen LogP) is 2.83. The molecule has 0 bridgehead atoms. The third-order valence-electron chi connectivity index (χ3n) is 2.48. The van der Waals surface area contributed by atoms with Crippen molar-refractivity contribution in [2.45, 2.75) is 13.8 Å². The molecule has 2 aromatic rings. The summed E-state index contributed by atoms with van der Waals surface area (Å²) >= 11 is 3.40. The largest absolute Gasteiger partial charge is 0.383 e.